The molecule has 1 aliphatic rings. The van der Waals surface area contributed by atoms with Crippen LogP contribution in [-0.4, -0.2) is 53.6 Å². The van der Waals surface area contributed by atoms with Gasteiger partial charge in [-0.05, 0) is 26.0 Å². The fraction of sp³-hybridized carbons (Fsp3) is 0.615. The number of carboxylic acids is 1. The largest absolute Gasteiger partial charge is 0.480 e. The van der Waals surface area contributed by atoms with Crippen molar-refractivity contribution in [3.8, 4) is 0 Å². The summed E-state index contributed by atoms with van der Waals surface area (Å²) in [4.78, 5) is 17.8. The minimum absolute atomic E-state index is 0.167. The number of hydrogen-bond donors (Lipinski definition) is 1. The third kappa shape index (κ3) is 3.31. The molecule has 1 fully saturated rings. The third-order valence-electron chi connectivity index (χ3n) is 3.49. The first-order chi connectivity index (χ1) is 8.56. The molecular formula is C13H20N2O2S. The van der Waals surface area contributed by atoms with Crippen molar-refractivity contribution >= 4 is 17.3 Å². The Balaban J connectivity index is 1.87. The van der Waals surface area contributed by atoms with Gasteiger partial charge in [0.05, 0.1) is 6.54 Å². The zero-order valence-electron chi connectivity index (χ0n) is 10.9. The molecule has 5 heteroatoms. The molecule has 0 spiro atoms. The Morgan fingerprint density at radius 3 is 2.56 bits per heavy atom. The van der Waals surface area contributed by atoms with Crippen LogP contribution < -0.4 is 0 Å². The molecule has 4 nitrogen and oxygen atoms in total. The van der Waals surface area contributed by atoms with E-state index in [1.54, 1.807) is 0 Å². The molecular weight excluding hydrogens is 248 g/mol. The number of nitrogens with zero attached hydrogens (tertiary/aromatic N) is 2. The van der Waals surface area contributed by atoms with Crippen LogP contribution in [0.1, 0.15) is 22.7 Å². The highest BCUT2D eigenvalue weighted by molar-refractivity contribution is 7.12. The van der Waals surface area contributed by atoms with Crippen molar-refractivity contribution in [3.63, 3.8) is 0 Å². The van der Waals surface area contributed by atoms with Crippen molar-refractivity contribution in [2.45, 2.75) is 19.9 Å². The van der Waals surface area contributed by atoms with Crippen LogP contribution in [0.4, 0.5) is 0 Å². The summed E-state index contributed by atoms with van der Waals surface area (Å²) in [6.07, 6.45) is 0. The second-order valence-electron chi connectivity index (χ2n) is 4.83. The molecule has 1 N–H and O–H groups in total. The summed E-state index contributed by atoms with van der Waals surface area (Å²) < 4.78 is 0. The maximum atomic E-state index is 10.7. The van der Waals surface area contributed by atoms with Crippen molar-refractivity contribution in [3.05, 3.63) is 21.9 Å². The Hall–Kier alpha value is -0.910. The number of rotatable bonds is 4. The molecule has 1 aromatic rings. The van der Waals surface area contributed by atoms with E-state index in [0.29, 0.717) is 6.04 Å². The SMILES string of the molecule is Cc1ccc(C(C)N2CCN(CC(=O)O)CC2)s1. The Morgan fingerprint density at radius 1 is 1.39 bits per heavy atom. The van der Waals surface area contributed by atoms with E-state index < -0.39 is 5.97 Å². The van der Waals surface area contributed by atoms with E-state index >= 15 is 0 Å². The number of hydrogen-bond acceptors (Lipinski definition) is 4. The van der Waals surface area contributed by atoms with Gasteiger partial charge in [-0.3, -0.25) is 14.6 Å². The average Bonchev–Trinajstić information content (AvgIpc) is 2.75. The minimum atomic E-state index is -0.731. The molecule has 0 saturated carbocycles. The highest BCUT2D eigenvalue weighted by Gasteiger charge is 2.23. The van der Waals surface area contributed by atoms with Gasteiger partial charge in [0.25, 0.3) is 0 Å². The van der Waals surface area contributed by atoms with Gasteiger partial charge in [0.1, 0.15) is 0 Å². The van der Waals surface area contributed by atoms with E-state index in [4.69, 9.17) is 5.11 Å². The molecule has 0 bridgehead atoms. The minimum Gasteiger partial charge on any atom is -0.480 e. The predicted octanol–water partition coefficient (Wildman–Crippen LogP) is 1.82. The van der Waals surface area contributed by atoms with E-state index in [-0.39, 0.29) is 6.54 Å². The zero-order chi connectivity index (χ0) is 13.1. The van der Waals surface area contributed by atoms with Crippen LogP contribution in [0.25, 0.3) is 0 Å². The molecule has 0 amide bonds. The number of piperazine rings is 1. The highest BCUT2D eigenvalue weighted by Crippen LogP contribution is 2.27. The molecule has 1 unspecified atom stereocenters. The highest BCUT2D eigenvalue weighted by atomic mass is 32.1. The number of aryl methyl sites for hydroxylation is 1. The Morgan fingerprint density at radius 2 is 2.06 bits per heavy atom. The second-order valence-corrected chi connectivity index (χ2v) is 6.15. The van der Waals surface area contributed by atoms with Crippen molar-refractivity contribution in [1.29, 1.82) is 0 Å². The first-order valence-electron chi connectivity index (χ1n) is 6.31. The Kier molecular flexibility index (Phi) is 4.37. The number of thiophene rings is 1. The van der Waals surface area contributed by atoms with Crippen LogP contribution in [0, 0.1) is 6.92 Å². The molecule has 2 rings (SSSR count). The molecule has 2 heterocycles. The summed E-state index contributed by atoms with van der Waals surface area (Å²) in [5.41, 5.74) is 0. The van der Waals surface area contributed by atoms with E-state index in [1.165, 1.54) is 9.75 Å². The summed E-state index contributed by atoms with van der Waals surface area (Å²) in [5, 5.41) is 8.77. The molecule has 1 aliphatic heterocycles. The molecule has 1 atom stereocenters. The molecule has 1 aromatic heterocycles. The standard InChI is InChI=1S/C13H20N2O2S/c1-10-3-4-12(18-10)11(2)15-7-5-14(6-8-15)9-13(16)17/h3-4,11H,5-9H2,1-2H3,(H,16,17). The van der Waals surface area contributed by atoms with E-state index in [1.807, 2.05) is 16.2 Å². The molecule has 100 valence electrons. The topological polar surface area (TPSA) is 43.8 Å². The van der Waals surface area contributed by atoms with E-state index in [2.05, 4.69) is 30.9 Å². The summed E-state index contributed by atoms with van der Waals surface area (Å²) in [6.45, 7) is 8.13. The van der Waals surface area contributed by atoms with Gasteiger partial charge in [0.2, 0.25) is 0 Å². The van der Waals surface area contributed by atoms with Crippen LogP contribution >= 0.6 is 11.3 Å². The quantitative estimate of drug-likeness (QED) is 0.904. The van der Waals surface area contributed by atoms with Crippen LogP contribution in [0.2, 0.25) is 0 Å². The molecule has 0 aromatic carbocycles. The fourth-order valence-corrected chi connectivity index (χ4v) is 3.32. The van der Waals surface area contributed by atoms with Crippen molar-refractivity contribution in [2.24, 2.45) is 0 Å². The van der Waals surface area contributed by atoms with Gasteiger partial charge < -0.3 is 5.11 Å². The van der Waals surface area contributed by atoms with Crippen LogP contribution in [-0.2, 0) is 4.79 Å². The van der Waals surface area contributed by atoms with Crippen LogP contribution in [0.5, 0.6) is 0 Å². The molecule has 0 aliphatic carbocycles. The number of aliphatic carboxylic acids is 1. The van der Waals surface area contributed by atoms with Crippen LogP contribution in [0.15, 0.2) is 12.1 Å². The lowest BCUT2D eigenvalue weighted by Gasteiger charge is -2.37. The monoisotopic (exact) mass is 268 g/mol. The predicted molar refractivity (Wildman–Crippen MR) is 73.1 cm³/mol. The number of carboxylic acid groups (broad SMARTS) is 1. The molecule has 18 heavy (non-hydrogen) atoms. The van der Waals surface area contributed by atoms with Gasteiger partial charge >= 0.3 is 5.97 Å². The van der Waals surface area contributed by atoms with Crippen LogP contribution in [0.3, 0.4) is 0 Å². The second kappa shape index (κ2) is 5.82. The van der Waals surface area contributed by atoms with E-state index in [9.17, 15) is 4.79 Å². The first-order valence-corrected chi connectivity index (χ1v) is 7.12. The van der Waals surface area contributed by atoms with E-state index in [0.717, 1.165) is 26.2 Å². The number of carbonyl (C=O) groups is 1. The van der Waals surface area contributed by atoms with Crippen molar-refractivity contribution < 1.29 is 9.90 Å². The lowest BCUT2D eigenvalue weighted by molar-refractivity contribution is -0.138. The Bertz CT molecular complexity index is 411. The molecule has 1 saturated heterocycles. The Labute approximate surface area is 112 Å². The van der Waals surface area contributed by atoms with Gasteiger partial charge in [-0.25, -0.2) is 0 Å². The van der Waals surface area contributed by atoms with Gasteiger partial charge in [0, 0.05) is 42.0 Å². The summed E-state index contributed by atoms with van der Waals surface area (Å²) in [5.74, 6) is -0.731. The maximum absolute atomic E-state index is 10.7. The third-order valence-corrected chi connectivity index (χ3v) is 4.66. The van der Waals surface area contributed by atoms with Gasteiger partial charge in [-0.2, -0.15) is 0 Å². The summed E-state index contributed by atoms with van der Waals surface area (Å²) in [6, 6.07) is 4.81. The zero-order valence-corrected chi connectivity index (χ0v) is 11.7. The maximum Gasteiger partial charge on any atom is 0.317 e. The fourth-order valence-electron chi connectivity index (χ4n) is 2.36. The normalized spacial score (nSPS) is 19.9. The average molecular weight is 268 g/mol. The van der Waals surface area contributed by atoms with Crippen molar-refractivity contribution in [1.82, 2.24) is 9.80 Å². The summed E-state index contributed by atoms with van der Waals surface area (Å²) in [7, 11) is 0. The van der Waals surface area contributed by atoms with Crippen molar-refractivity contribution in [2.75, 3.05) is 32.7 Å². The van der Waals surface area contributed by atoms with Gasteiger partial charge in [-0.1, -0.05) is 0 Å². The van der Waals surface area contributed by atoms with Gasteiger partial charge in [-0.15, -0.1) is 11.3 Å². The lowest BCUT2D eigenvalue weighted by Crippen LogP contribution is -2.48. The first kappa shape index (κ1) is 13.5. The van der Waals surface area contributed by atoms with Gasteiger partial charge in [0.15, 0.2) is 0 Å². The lowest BCUT2D eigenvalue weighted by atomic mass is 10.2. The molecule has 0 radical (unpaired) electrons. The summed E-state index contributed by atoms with van der Waals surface area (Å²) >= 11 is 1.85. The smallest absolute Gasteiger partial charge is 0.317 e.